The maximum absolute atomic E-state index is 12.2. The van der Waals surface area contributed by atoms with Crippen molar-refractivity contribution in [3.63, 3.8) is 0 Å². The van der Waals surface area contributed by atoms with Gasteiger partial charge in [0.1, 0.15) is 0 Å². The number of nitro groups is 1. The third-order valence-corrected chi connectivity index (χ3v) is 3.69. The van der Waals surface area contributed by atoms with E-state index in [2.05, 4.69) is 10.6 Å². The molecule has 0 bridgehead atoms. The zero-order chi connectivity index (χ0) is 19.4. The van der Waals surface area contributed by atoms with Crippen LogP contribution in [-0.2, 0) is 9.53 Å². The minimum absolute atomic E-state index is 0.0393. The molecule has 0 aliphatic carbocycles. The summed E-state index contributed by atoms with van der Waals surface area (Å²) in [6, 6.07) is 8.58. The van der Waals surface area contributed by atoms with Crippen molar-refractivity contribution in [2.75, 3.05) is 31.1 Å². The topological polar surface area (TPSA) is 129 Å². The summed E-state index contributed by atoms with van der Waals surface area (Å²) in [6.07, 6.45) is 0. The third kappa shape index (κ3) is 4.06. The molecule has 2 aromatic carbocycles. The van der Waals surface area contributed by atoms with Gasteiger partial charge in [-0.05, 0) is 18.2 Å². The normalized spacial score (nSPS) is 11.6. The molecule has 2 aromatic rings. The summed E-state index contributed by atoms with van der Waals surface area (Å²) in [5.41, 5.74) is 0.502. The number of nitro benzene ring substituents is 1. The van der Waals surface area contributed by atoms with Crippen molar-refractivity contribution in [2.45, 2.75) is 0 Å². The summed E-state index contributed by atoms with van der Waals surface area (Å²) in [5.74, 6) is -0.354. The van der Waals surface area contributed by atoms with Gasteiger partial charge in [0.2, 0.25) is 6.79 Å². The number of carbonyl (C=O) groups is 2. The molecular weight excluding hydrogens is 358 g/mol. The first-order valence-corrected chi connectivity index (χ1v) is 7.81. The van der Waals surface area contributed by atoms with Gasteiger partial charge >= 0.3 is 5.97 Å². The molecule has 1 amide bonds. The lowest BCUT2D eigenvalue weighted by atomic mass is 10.1. The molecule has 3 rings (SSSR count). The van der Waals surface area contributed by atoms with Crippen LogP contribution in [0.1, 0.15) is 10.4 Å². The van der Waals surface area contributed by atoms with E-state index in [1.807, 2.05) is 0 Å². The monoisotopic (exact) mass is 373 g/mol. The molecule has 10 heteroatoms. The van der Waals surface area contributed by atoms with Crippen molar-refractivity contribution in [3.05, 3.63) is 52.1 Å². The second-order valence-electron chi connectivity index (χ2n) is 5.43. The lowest BCUT2D eigenvalue weighted by Gasteiger charge is -2.10. The Morgan fingerprint density at radius 1 is 1.19 bits per heavy atom. The fraction of sp³-hybridized carbons (Fsp3) is 0.176. The maximum atomic E-state index is 12.2. The van der Waals surface area contributed by atoms with E-state index in [0.29, 0.717) is 22.9 Å². The summed E-state index contributed by atoms with van der Waals surface area (Å²) in [6.45, 7) is -0.444. The molecule has 140 valence electrons. The molecule has 0 aromatic heterocycles. The van der Waals surface area contributed by atoms with E-state index in [-0.39, 0.29) is 18.0 Å². The van der Waals surface area contributed by atoms with Crippen LogP contribution in [0.25, 0.3) is 0 Å². The number of ether oxygens (including phenoxy) is 3. The van der Waals surface area contributed by atoms with Crippen LogP contribution in [0.2, 0.25) is 0 Å². The van der Waals surface area contributed by atoms with Crippen LogP contribution in [0.3, 0.4) is 0 Å². The fourth-order valence-corrected chi connectivity index (χ4v) is 2.41. The number of fused-ring (bicyclic) bond motifs is 1. The van der Waals surface area contributed by atoms with Gasteiger partial charge in [0, 0.05) is 36.6 Å². The third-order valence-electron chi connectivity index (χ3n) is 3.69. The summed E-state index contributed by atoms with van der Waals surface area (Å²) >= 11 is 0. The summed E-state index contributed by atoms with van der Waals surface area (Å²) in [4.78, 5) is 34.5. The number of hydrogen-bond acceptors (Lipinski definition) is 8. The van der Waals surface area contributed by atoms with Crippen LogP contribution < -0.4 is 20.1 Å². The number of hydrogen-bond donors (Lipinski definition) is 2. The van der Waals surface area contributed by atoms with Crippen molar-refractivity contribution >= 4 is 28.9 Å². The van der Waals surface area contributed by atoms with Gasteiger partial charge in [0.05, 0.1) is 10.5 Å². The molecule has 0 unspecified atom stereocenters. The van der Waals surface area contributed by atoms with Gasteiger partial charge in [0.25, 0.3) is 11.6 Å². The van der Waals surface area contributed by atoms with Gasteiger partial charge in [-0.25, -0.2) is 4.79 Å². The highest BCUT2D eigenvalue weighted by atomic mass is 16.7. The fourth-order valence-electron chi connectivity index (χ4n) is 2.41. The molecule has 1 aliphatic rings. The van der Waals surface area contributed by atoms with Gasteiger partial charge in [-0.15, -0.1) is 0 Å². The Labute approximate surface area is 153 Å². The van der Waals surface area contributed by atoms with Crippen LogP contribution in [0.5, 0.6) is 11.5 Å². The van der Waals surface area contributed by atoms with Crippen LogP contribution in [-0.4, -0.2) is 37.2 Å². The van der Waals surface area contributed by atoms with E-state index in [4.69, 9.17) is 14.2 Å². The second kappa shape index (κ2) is 7.60. The molecule has 10 nitrogen and oxygen atoms in total. The predicted octanol–water partition coefficient (Wildman–Crippen LogP) is 2.16. The number of rotatable bonds is 6. The highest BCUT2D eigenvalue weighted by molar-refractivity contribution is 5.99. The Balaban J connectivity index is 1.62. The second-order valence-corrected chi connectivity index (χ2v) is 5.43. The van der Waals surface area contributed by atoms with Gasteiger partial charge < -0.3 is 24.8 Å². The van der Waals surface area contributed by atoms with Crippen LogP contribution in [0, 0.1) is 10.1 Å². The Kier molecular flexibility index (Phi) is 5.06. The quantitative estimate of drug-likeness (QED) is 0.448. The first-order chi connectivity index (χ1) is 13.0. The van der Waals surface area contributed by atoms with Crippen molar-refractivity contribution in [2.24, 2.45) is 0 Å². The molecule has 27 heavy (non-hydrogen) atoms. The van der Waals surface area contributed by atoms with E-state index < -0.39 is 23.4 Å². The molecule has 0 radical (unpaired) electrons. The van der Waals surface area contributed by atoms with Gasteiger partial charge in [-0.1, -0.05) is 0 Å². The number of anilines is 2. The molecule has 0 saturated carbocycles. The Morgan fingerprint density at radius 3 is 2.70 bits per heavy atom. The number of nitrogens with one attached hydrogen (secondary N) is 2. The van der Waals surface area contributed by atoms with Crippen molar-refractivity contribution in [1.82, 2.24) is 0 Å². The molecule has 2 N–H and O–H groups in total. The van der Waals surface area contributed by atoms with Crippen LogP contribution >= 0.6 is 0 Å². The number of amides is 1. The number of benzene rings is 2. The Morgan fingerprint density at radius 2 is 1.96 bits per heavy atom. The zero-order valence-corrected chi connectivity index (χ0v) is 14.2. The predicted molar refractivity (Wildman–Crippen MR) is 94.1 cm³/mol. The van der Waals surface area contributed by atoms with Crippen molar-refractivity contribution in [1.29, 1.82) is 0 Å². The molecule has 0 spiro atoms. The average Bonchev–Trinajstić information content (AvgIpc) is 3.13. The molecule has 0 saturated heterocycles. The number of esters is 1. The van der Waals surface area contributed by atoms with E-state index in [1.165, 1.54) is 12.1 Å². The van der Waals surface area contributed by atoms with Crippen molar-refractivity contribution < 1.29 is 28.7 Å². The van der Waals surface area contributed by atoms with E-state index in [0.717, 1.165) is 6.07 Å². The smallest absolute Gasteiger partial charge is 0.341 e. The van der Waals surface area contributed by atoms with Crippen LogP contribution in [0.15, 0.2) is 36.4 Å². The van der Waals surface area contributed by atoms with Gasteiger partial charge in [-0.3, -0.25) is 14.9 Å². The first kappa shape index (κ1) is 18.0. The molecule has 0 atom stereocenters. The first-order valence-electron chi connectivity index (χ1n) is 7.81. The SMILES string of the molecule is CNc1ccc([N+](=O)[O-])cc1C(=O)OCC(=O)Nc1ccc2c(c1)OCO2. The number of non-ortho nitro benzene ring substituents is 1. The minimum Gasteiger partial charge on any atom is -0.454 e. The lowest BCUT2D eigenvalue weighted by molar-refractivity contribution is -0.384. The number of nitrogens with zero attached hydrogens (tertiary/aromatic N) is 1. The minimum atomic E-state index is -0.858. The summed E-state index contributed by atoms with van der Waals surface area (Å²) < 4.78 is 15.4. The summed E-state index contributed by atoms with van der Waals surface area (Å²) in [5, 5.41) is 16.2. The standard InChI is InChI=1S/C17H15N3O7/c1-18-13-4-3-11(20(23)24)7-12(13)17(22)25-8-16(21)19-10-2-5-14-15(6-10)27-9-26-14/h2-7,18H,8-9H2,1H3,(H,19,21). The molecule has 0 fully saturated rings. The Hall–Kier alpha value is -3.82. The average molecular weight is 373 g/mol. The van der Waals surface area contributed by atoms with Crippen molar-refractivity contribution in [3.8, 4) is 11.5 Å². The van der Waals surface area contributed by atoms with E-state index in [1.54, 1.807) is 25.2 Å². The largest absolute Gasteiger partial charge is 0.454 e. The highest BCUT2D eigenvalue weighted by Crippen LogP contribution is 2.34. The van der Waals surface area contributed by atoms with Crippen LogP contribution in [0.4, 0.5) is 17.1 Å². The highest BCUT2D eigenvalue weighted by Gasteiger charge is 2.19. The molecule has 1 aliphatic heterocycles. The van der Waals surface area contributed by atoms with Gasteiger partial charge in [-0.2, -0.15) is 0 Å². The van der Waals surface area contributed by atoms with E-state index in [9.17, 15) is 19.7 Å². The molecular formula is C17H15N3O7. The lowest BCUT2D eigenvalue weighted by Crippen LogP contribution is -2.21. The zero-order valence-electron chi connectivity index (χ0n) is 14.2. The number of carbonyl (C=O) groups excluding carboxylic acids is 2. The van der Waals surface area contributed by atoms with Gasteiger partial charge in [0.15, 0.2) is 18.1 Å². The Bertz CT molecular complexity index is 913. The molecule has 1 heterocycles. The van der Waals surface area contributed by atoms with E-state index >= 15 is 0 Å². The maximum Gasteiger partial charge on any atom is 0.341 e. The summed E-state index contributed by atoms with van der Waals surface area (Å²) in [7, 11) is 1.56.